The van der Waals surface area contributed by atoms with E-state index < -0.39 is 24.0 Å². The maximum atomic E-state index is 12.5. The number of hydrogen-bond acceptors (Lipinski definition) is 8. The van der Waals surface area contributed by atoms with E-state index in [9.17, 15) is 29.4 Å². The van der Waals surface area contributed by atoms with Crippen molar-refractivity contribution in [3.05, 3.63) is 10.6 Å². The van der Waals surface area contributed by atoms with Crippen LogP contribution in [0.15, 0.2) is 10.6 Å². The van der Waals surface area contributed by atoms with Gasteiger partial charge in [-0.2, -0.15) is 11.8 Å². The second-order valence-corrected chi connectivity index (χ2v) is 11.0. The van der Waals surface area contributed by atoms with Gasteiger partial charge in [0.05, 0.1) is 24.7 Å². The third kappa shape index (κ3) is 5.76. The van der Waals surface area contributed by atoms with Crippen molar-refractivity contribution in [2.75, 3.05) is 24.7 Å². The van der Waals surface area contributed by atoms with E-state index in [1.165, 1.54) is 16.7 Å². The highest BCUT2D eigenvalue weighted by Gasteiger charge is 2.60. The number of nitrogens with zero attached hydrogens (tertiary/aromatic N) is 1. The zero-order valence-electron chi connectivity index (χ0n) is 18.6. The number of carbonyl (C=O) groups excluding carboxylic acids is 3. The maximum absolute atomic E-state index is 12.5. The minimum Gasteiger partial charge on any atom is -0.477 e. The summed E-state index contributed by atoms with van der Waals surface area (Å²) in [5.41, 5.74) is 4.99. The summed E-state index contributed by atoms with van der Waals surface area (Å²) in [6.07, 6.45) is 0.378. The lowest BCUT2D eigenvalue weighted by molar-refractivity contribution is -0.163. The zero-order valence-corrected chi connectivity index (χ0v) is 20.2. The molecule has 0 aromatic carbocycles. The van der Waals surface area contributed by atoms with Gasteiger partial charge >= 0.3 is 12.0 Å². The molecule has 2 saturated heterocycles. The first-order valence-corrected chi connectivity index (χ1v) is 12.9. The van der Waals surface area contributed by atoms with Gasteiger partial charge in [0.15, 0.2) is 0 Å². The first-order valence-electron chi connectivity index (χ1n) is 10.9. The standard InChI is InChI=1S/C20H31N5O6S2/c1-9-15-14(10(2)26)18(28)25(15)16(19(29)30)17(9)33-12-5-11(22-6-12)7-32-4-3-13(27)23-8-24-20(21)31/h9-12,14-15,22,26H,3-8H2,1-2H3,(H,23,27)(H,29,30)(H3,21,24,31)/t9-,10-,11+,12+,14-,15-/m1/s1. The van der Waals surface area contributed by atoms with E-state index >= 15 is 0 Å². The first kappa shape index (κ1) is 25.7. The van der Waals surface area contributed by atoms with Gasteiger partial charge in [0.1, 0.15) is 5.70 Å². The van der Waals surface area contributed by atoms with Gasteiger partial charge < -0.3 is 36.8 Å². The van der Waals surface area contributed by atoms with Crippen LogP contribution in [0.2, 0.25) is 0 Å². The van der Waals surface area contributed by atoms with Crippen LogP contribution < -0.4 is 21.7 Å². The van der Waals surface area contributed by atoms with Crippen LogP contribution in [-0.4, -0.2) is 87.1 Å². The predicted molar refractivity (Wildman–Crippen MR) is 125 cm³/mol. The van der Waals surface area contributed by atoms with E-state index in [-0.39, 0.29) is 47.4 Å². The quantitative estimate of drug-likeness (QED) is 0.123. The Labute approximate surface area is 200 Å². The van der Waals surface area contributed by atoms with Crippen LogP contribution in [0, 0.1) is 11.8 Å². The van der Waals surface area contributed by atoms with E-state index in [4.69, 9.17) is 5.73 Å². The predicted octanol–water partition coefficient (Wildman–Crippen LogP) is -0.531. The number of β-lactam (4-membered cyclic amide) rings is 1. The van der Waals surface area contributed by atoms with E-state index in [1.54, 1.807) is 18.7 Å². The molecule has 0 aliphatic carbocycles. The Balaban J connectivity index is 1.45. The van der Waals surface area contributed by atoms with Crippen LogP contribution >= 0.6 is 23.5 Å². The van der Waals surface area contributed by atoms with Crippen molar-refractivity contribution in [3.63, 3.8) is 0 Å². The van der Waals surface area contributed by atoms with Gasteiger partial charge in [-0.1, -0.05) is 6.92 Å². The van der Waals surface area contributed by atoms with E-state index in [2.05, 4.69) is 16.0 Å². The van der Waals surface area contributed by atoms with E-state index in [0.717, 1.165) is 18.7 Å². The number of urea groups is 1. The summed E-state index contributed by atoms with van der Waals surface area (Å²) in [4.78, 5) is 48.7. The molecule has 4 amide bonds. The number of fused-ring (bicyclic) bond motifs is 1. The van der Waals surface area contributed by atoms with Crippen LogP contribution in [0.25, 0.3) is 0 Å². The summed E-state index contributed by atoms with van der Waals surface area (Å²) in [7, 11) is 0. The average molecular weight is 502 g/mol. The number of thioether (sulfide) groups is 2. The number of aliphatic hydroxyl groups excluding tert-OH is 1. The van der Waals surface area contributed by atoms with Crippen molar-refractivity contribution >= 4 is 47.3 Å². The number of carbonyl (C=O) groups is 4. The number of primary amides is 1. The number of rotatable bonds is 11. The highest BCUT2D eigenvalue weighted by atomic mass is 32.2. The number of nitrogens with one attached hydrogen (secondary N) is 3. The molecule has 6 atom stereocenters. The molecule has 11 nitrogen and oxygen atoms in total. The second-order valence-electron chi connectivity index (χ2n) is 8.50. The van der Waals surface area contributed by atoms with Gasteiger partial charge in [0.25, 0.3) is 0 Å². The number of nitrogens with two attached hydrogens (primary N) is 1. The van der Waals surface area contributed by atoms with Gasteiger partial charge in [-0.3, -0.25) is 9.59 Å². The number of carboxylic acids is 1. The molecule has 0 spiro atoms. The Morgan fingerprint density at radius 1 is 1.33 bits per heavy atom. The van der Waals surface area contributed by atoms with Gasteiger partial charge in [-0.25, -0.2) is 9.59 Å². The number of carboxylic acid groups (broad SMARTS) is 1. The van der Waals surface area contributed by atoms with Gasteiger partial charge in [0.2, 0.25) is 11.8 Å². The van der Waals surface area contributed by atoms with Crippen molar-refractivity contribution in [2.45, 2.75) is 50.1 Å². The first-order chi connectivity index (χ1) is 15.6. The van der Waals surface area contributed by atoms with Gasteiger partial charge in [-0.15, -0.1) is 11.8 Å². The lowest BCUT2D eigenvalue weighted by Gasteiger charge is -2.46. The van der Waals surface area contributed by atoms with Crippen LogP contribution in [0.5, 0.6) is 0 Å². The summed E-state index contributed by atoms with van der Waals surface area (Å²) in [5, 5.41) is 28.2. The fraction of sp³-hybridized carbons (Fsp3) is 0.700. The molecular weight excluding hydrogens is 470 g/mol. The minimum absolute atomic E-state index is 0.0103. The molecule has 3 heterocycles. The number of aliphatic hydroxyl groups is 1. The smallest absolute Gasteiger partial charge is 0.353 e. The Kier molecular flexibility index (Phi) is 8.54. The van der Waals surface area contributed by atoms with Gasteiger partial charge in [-0.05, 0) is 13.3 Å². The largest absolute Gasteiger partial charge is 0.477 e. The summed E-state index contributed by atoms with van der Waals surface area (Å²) >= 11 is 3.18. The SMILES string of the molecule is C[C@@H](O)[C@H]1C(=O)N2C(C(=O)O)=C(S[C@@H]3CN[C@H](CSCCC(=O)NCNC(N)=O)C3)[C@H](C)[C@H]12. The zero-order chi connectivity index (χ0) is 24.3. The third-order valence-electron chi connectivity index (χ3n) is 6.13. The number of hydrogen-bond donors (Lipinski definition) is 6. The maximum Gasteiger partial charge on any atom is 0.353 e. The summed E-state index contributed by atoms with van der Waals surface area (Å²) < 4.78 is 0. The molecule has 0 saturated carbocycles. The lowest BCUT2D eigenvalue weighted by Crippen LogP contribution is -2.63. The van der Waals surface area contributed by atoms with Crippen molar-refractivity contribution in [1.29, 1.82) is 0 Å². The molecule has 0 radical (unpaired) electrons. The molecule has 184 valence electrons. The second kappa shape index (κ2) is 11.0. The molecule has 3 aliphatic rings. The third-order valence-corrected chi connectivity index (χ3v) is 8.77. The average Bonchev–Trinajstić information content (AvgIpc) is 3.26. The molecule has 0 aromatic rings. The fourth-order valence-electron chi connectivity index (χ4n) is 4.57. The number of aliphatic carboxylic acids is 1. The highest BCUT2D eigenvalue weighted by molar-refractivity contribution is 8.03. The Hall–Kier alpha value is -1.96. The fourth-order valence-corrected chi connectivity index (χ4v) is 7.12. The van der Waals surface area contributed by atoms with Crippen LogP contribution in [0.3, 0.4) is 0 Å². The summed E-state index contributed by atoms with van der Waals surface area (Å²) in [5.74, 6) is -0.807. The normalized spacial score (nSPS) is 29.5. The summed E-state index contributed by atoms with van der Waals surface area (Å²) in [6.45, 7) is 4.24. The molecule has 0 unspecified atom stereocenters. The molecule has 0 bridgehead atoms. The van der Waals surface area contributed by atoms with Crippen LogP contribution in [0.4, 0.5) is 4.79 Å². The van der Waals surface area contributed by atoms with Crippen molar-refractivity contribution in [3.8, 4) is 0 Å². The molecule has 7 N–H and O–H groups in total. The molecule has 3 aliphatic heterocycles. The minimum atomic E-state index is -1.10. The monoisotopic (exact) mass is 501 g/mol. The summed E-state index contributed by atoms with van der Waals surface area (Å²) in [6, 6.07) is -0.737. The van der Waals surface area contributed by atoms with Crippen LogP contribution in [-0.2, 0) is 14.4 Å². The van der Waals surface area contributed by atoms with Gasteiger partial charge in [0, 0.05) is 46.6 Å². The van der Waals surface area contributed by atoms with Crippen molar-refractivity contribution < 1.29 is 29.4 Å². The van der Waals surface area contributed by atoms with Crippen molar-refractivity contribution in [1.82, 2.24) is 20.9 Å². The molecule has 0 aromatic heterocycles. The van der Waals surface area contributed by atoms with Crippen molar-refractivity contribution in [2.24, 2.45) is 17.6 Å². The van der Waals surface area contributed by atoms with E-state index in [0.29, 0.717) is 17.1 Å². The Morgan fingerprint density at radius 3 is 2.70 bits per heavy atom. The topological polar surface area (TPSA) is 174 Å². The molecule has 3 rings (SSSR count). The van der Waals surface area contributed by atoms with E-state index in [1.807, 2.05) is 6.92 Å². The van der Waals surface area contributed by atoms with Crippen LogP contribution in [0.1, 0.15) is 26.7 Å². The lowest BCUT2D eigenvalue weighted by atomic mass is 9.79. The molecule has 13 heteroatoms. The Bertz CT molecular complexity index is 838. The number of amides is 4. The molecular formula is C20H31N5O6S2. The Morgan fingerprint density at radius 2 is 2.06 bits per heavy atom. The molecule has 33 heavy (non-hydrogen) atoms. The molecule has 2 fully saturated rings. The highest BCUT2D eigenvalue weighted by Crippen LogP contribution is 2.51.